The topological polar surface area (TPSA) is 80.1 Å². The molecule has 0 atom stereocenters. The van der Waals surface area contributed by atoms with Crippen molar-refractivity contribution in [3.8, 4) is 17.2 Å². The van der Waals surface area contributed by atoms with Gasteiger partial charge in [-0.05, 0) is 43.3 Å². The van der Waals surface area contributed by atoms with Crippen LogP contribution in [-0.2, 0) is 0 Å². The van der Waals surface area contributed by atoms with E-state index < -0.39 is 0 Å². The fourth-order valence-corrected chi connectivity index (χ4v) is 1.99. The van der Waals surface area contributed by atoms with Gasteiger partial charge in [-0.15, -0.1) is 0 Å². The average Bonchev–Trinajstić information content (AvgIpc) is 3.20. The van der Waals surface area contributed by atoms with E-state index in [0.717, 1.165) is 5.75 Å². The highest BCUT2D eigenvalue weighted by Gasteiger charge is 2.12. The van der Waals surface area contributed by atoms with Crippen LogP contribution in [0.1, 0.15) is 17.4 Å². The van der Waals surface area contributed by atoms with Crippen molar-refractivity contribution in [3.63, 3.8) is 0 Å². The van der Waals surface area contributed by atoms with Crippen molar-refractivity contribution in [1.29, 1.82) is 0 Å². The molecule has 1 amide bonds. The molecule has 3 aromatic rings. The van der Waals surface area contributed by atoms with Gasteiger partial charge in [0.05, 0.1) is 12.9 Å². The van der Waals surface area contributed by atoms with E-state index in [-0.39, 0.29) is 5.91 Å². The second-order valence-corrected chi connectivity index (χ2v) is 4.56. The van der Waals surface area contributed by atoms with Gasteiger partial charge >= 0.3 is 0 Å². The number of rotatable bonds is 5. The van der Waals surface area contributed by atoms with Crippen LogP contribution in [0.3, 0.4) is 0 Å². The Kier molecular flexibility index (Phi) is 3.91. The SMILES string of the molecule is CCOc1ccc(NC(=O)c2cc(-c3ccco3)[nH]n2)cc1. The molecule has 0 bridgehead atoms. The lowest BCUT2D eigenvalue weighted by Gasteiger charge is -2.05. The van der Waals surface area contributed by atoms with E-state index in [9.17, 15) is 4.79 Å². The van der Waals surface area contributed by atoms with Crippen LogP contribution in [0.5, 0.6) is 5.75 Å². The maximum Gasteiger partial charge on any atom is 0.276 e. The van der Waals surface area contributed by atoms with Gasteiger partial charge in [0.15, 0.2) is 11.5 Å². The highest BCUT2D eigenvalue weighted by atomic mass is 16.5. The van der Waals surface area contributed by atoms with E-state index in [4.69, 9.17) is 9.15 Å². The van der Waals surface area contributed by atoms with Gasteiger partial charge in [0.1, 0.15) is 11.4 Å². The monoisotopic (exact) mass is 297 g/mol. The van der Waals surface area contributed by atoms with Gasteiger partial charge in [0, 0.05) is 11.8 Å². The first kappa shape index (κ1) is 13.9. The molecule has 22 heavy (non-hydrogen) atoms. The Bertz CT molecular complexity index is 745. The minimum absolute atomic E-state index is 0.292. The molecule has 2 aromatic heterocycles. The fraction of sp³-hybridized carbons (Fsp3) is 0.125. The molecule has 0 fully saturated rings. The predicted octanol–water partition coefficient (Wildman–Crippen LogP) is 3.32. The molecule has 0 unspecified atom stereocenters. The van der Waals surface area contributed by atoms with Crippen molar-refractivity contribution in [2.45, 2.75) is 6.92 Å². The summed E-state index contributed by atoms with van der Waals surface area (Å²) in [4.78, 5) is 12.2. The third kappa shape index (κ3) is 3.01. The van der Waals surface area contributed by atoms with Crippen LogP contribution >= 0.6 is 0 Å². The first-order chi connectivity index (χ1) is 10.8. The zero-order valence-corrected chi connectivity index (χ0v) is 12.0. The van der Waals surface area contributed by atoms with Crippen LogP contribution in [0, 0.1) is 0 Å². The Morgan fingerprint density at radius 1 is 1.32 bits per heavy atom. The van der Waals surface area contributed by atoms with Crippen molar-refractivity contribution in [2.24, 2.45) is 0 Å². The van der Waals surface area contributed by atoms with Crippen molar-refractivity contribution in [2.75, 3.05) is 11.9 Å². The molecule has 0 spiro atoms. The molecule has 0 saturated carbocycles. The van der Waals surface area contributed by atoms with Gasteiger partial charge in [-0.1, -0.05) is 0 Å². The number of H-pyrrole nitrogens is 1. The van der Waals surface area contributed by atoms with Crippen LogP contribution in [0.2, 0.25) is 0 Å². The Labute approximate surface area is 127 Å². The molecular formula is C16H15N3O3. The zero-order valence-electron chi connectivity index (χ0n) is 12.0. The van der Waals surface area contributed by atoms with E-state index in [1.165, 1.54) is 0 Å². The standard InChI is InChI=1S/C16H15N3O3/c1-2-21-12-7-5-11(6-8-12)17-16(20)14-10-13(18-19-14)15-4-3-9-22-15/h3-10H,2H2,1H3,(H,17,20)(H,18,19). The molecule has 1 aromatic carbocycles. The molecule has 2 heterocycles. The normalized spacial score (nSPS) is 10.4. The van der Waals surface area contributed by atoms with Crippen LogP contribution in [0.15, 0.2) is 53.1 Å². The molecule has 3 rings (SSSR count). The molecule has 6 nitrogen and oxygen atoms in total. The molecule has 6 heteroatoms. The van der Waals surface area contributed by atoms with Crippen LogP contribution in [-0.4, -0.2) is 22.7 Å². The number of carbonyl (C=O) groups excluding carboxylic acids is 1. The Balaban J connectivity index is 1.69. The van der Waals surface area contributed by atoms with E-state index >= 15 is 0 Å². The second-order valence-electron chi connectivity index (χ2n) is 4.56. The third-order valence-corrected chi connectivity index (χ3v) is 3.02. The number of nitrogens with one attached hydrogen (secondary N) is 2. The lowest BCUT2D eigenvalue weighted by Crippen LogP contribution is -2.12. The summed E-state index contributed by atoms with van der Waals surface area (Å²) in [6, 6.07) is 12.4. The molecule has 0 aliphatic heterocycles. The number of benzene rings is 1. The quantitative estimate of drug-likeness (QED) is 0.757. The summed E-state index contributed by atoms with van der Waals surface area (Å²) < 4.78 is 10.6. The number of hydrogen-bond acceptors (Lipinski definition) is 4. The summed E-state index contributed by atoms with van der Waals surface area (Å²) >= 11 is 0. The van der Waals surface area contributed by atoms with Crippen molar-refractivity contribution in [1.82, 2.24) is 10.2 Å². The van der Waals surface area contributed by atoms with Gasteiger partial charge < -0.3 is 14.5 Å². The molecule has 0 aliphatic carbocycles. The van der Waals surface area contributed by atoms with Gasteiger partial charge in [-0.3, -0.25) is 9.89 Å². The summed E-state index contributed by atoms with van der Waals surface area (Å²) in [5.41, 5.74) is 1.62. The minimum Gasteiger partial charge on any atom is -0.494 e. The molecule has 0 saturated heterocycles. The number of carbonyl (C=O) groups is 1. The molecule has 112 valence electrons. The lowest BCUT2D eigenvalue weighted by molar-refractivity contribution is 0.102. The van der Waals surface area contributed by atoms with Gasteiger partial charge in [0.2, 0.25) is 0 Å². The Hall–Kier alpha value is -3.02. The van der Waals surface area contributed by atoms with Gasteiger partial charge in [0.25, 0.3) is 5.91 Å². The summed E-state index contributed by atoms with van der Waals surface area (Å²) in [5.74, 6) is 1.10. The zero-order chi connectivity index (χ0) is 15.4. The van der Waals surface area contributed by atoms with Crippen LogP contribution < -0.4 is 10.1 Å². The van der Waals surface area contributed by atoms with Gasteiger partial charge in [-0.2, -0.15) is 5.10 Å². The number of aromatic amines is 1. The average molecular weight is 297 g/mol. The molecular weight excluding hydrogens is 282 g/mol. The minimum atomic E-state index is -0.293. The molecule has 0 radical (unpaired) electrons. The van der Waals surface area contributed by atoms with Crippen molar-refractivity contribution >= 4 is 11.6 Å². The highest BCUT2D eigenvalue weighted by Crippen LogP contribution is 2.19. The van der Waals surface area contributed by atoms with Crippen LogP contribution in [0.4, 0.5) is 5.69 Å². The Morgan fingerprint density at radius 3 is 2.82 bits per heavy atom. The number of amides is 1. The number of nitrogens with zero attached hydrogens (tertiary/aromatic N) is 1. The fourth-order valence-electron chi connectivity index (χ4n) is 1.99. The smallest absolute Gasteiger partial charge is 0.276 e. The summed E-state index contributed by atoms with van der Waals surface area (Å²) in [6.07, 6.45) is 1.57. The largest absolute Gasteiger partial charge is 0.494 e. The maximum atomic E-state index is 12.2. The van der Waals surface area contributed by atoms with Crippen molar-refractivity contribution < 1.29 is 13.9 Å². The predicted molar refractivity (Wildman–Crippen MR) is 81.9 cm³/mol. The number of anilines is 1. The number of aromatic nitrogens is 2. The maximum absolute atomic E-state index is 12.2. The summed E-state index contributed by atoms with van der Waals surface area (Å²) in [6.45, 7) is 2.53. The summed E-state index contributed by atoms with van der Waals surface area (Å²) in [5, 5.41) is 9.55. The summed E-state index contributed by atoms with van der Waals surface area (Å²) in [7, 11) is 0. The lowest BCUT2D eigenvalue weighted by atomic mass is 10.2. The van der Waals surface area contributed by atoms with E-state index in [2.05, 4.69) is 15.5 Å². The molecule has 2 N–H and O–H groups in total. The first-order valence-electron chi connectivity index (χ1n) is 6.90. The first-order valence-corrected chi connectivity index (χ1v) is 6.90. The molecule has 0 aliphatic rings. The Morgan fingerprint density at radius 2 is 2.14 bits per heavy atom. The second kappa shape index (κ2) is 6.17. The van der Waals surface area contributed by atoms with E-state index in [0.29, 0.717) is 29.4 Å². The number of ether oxygens (including phenoxy) is 1. The van der Waals surface area contributed by atoms with E-state index in [1.54, 1.807) is 48.7 Å². The van der Waals surface area contributed by atoms with Gasteiger partial charge in [-0.25, -0.2) is 0 Å². The van der Waals surface area contributed by atoms with E-state index in [1.807, 2.05) is 6.92 Å². The number of furan rings is 1. The van der Waals surface area contributed by atoms with Crippen LogP contribution in [0.25, 0.3) is 11.5 Å². The third-order valence-electron chi connectivity index (χ3n) is 3.02. The van der Waals surface area contributed by atoms with Crippen molar-refractivity contribution in [3.05, 3.63) is 54.4 Å². The number of hydrogen-bond donors (Lipinski definition) is 2. The highest BCUT2D eigenvalue weighted by molar-refractivity contribution is 6.03.